The van der Waals surface area contributed by atoms with E-state index in [0.29, 0.717) is 66.9 Å². The Labute approximate surface area is 450 Å². The lowest BCUT2D eigenvalue weighted by Gasteiger charge is -2.43. The maximum atomic E-state index is 16.5. The number of rotatable bonds is 8. The second-order valence-corrected chi connectivity index (χ2v) is 23.1. The third kappa shape index (κ3) is 9.31. The summed E-state index contributed by atoms with van der Waals surface area (Å²) in [5.41, 5.74) is 7.77. The van der Waals surface area contributed by atoms with Crippen molar-refractivity contribution in [1.82, 2.24) is 15.3 Å². The number of aliphatic hydroxyl groups excluding tert-OH is 2. The summed E-state index contributed by atoms with van der Waals surface area (Å²) in [7, 11) is 1.87. The second-order valence-electron chi connectivity index (χ2n) is 23.1. The fraction of sp³-hybridized carbons (Fsp3) is 0.446. The first kappa shape index (κ1) is 51.0. The Morgan fingerprint density at radius 3 is 2.53 bits per heavy atom. The summed E-state index contributed by atoms with van der Waals surface area (Å²) >= 11 is 0. The quantitative estimate of drug-likeness (QED) is 0.0535. The van der Waals surface area contributed by atoms with E-state index < -0.39 is 53.4 Å². The van der Waals surface area contributed by atoms with Crippen LogP contribution in [0.1, 0.15) is 139 Å². The number of phenolic OH excluding ortho intramolecular Hbond substituents is 2. The molecule has 4 heterocycles. The van der Waals surface area contributed by atoms with Crippen molar-refractivity contribution in [2.45, 2.75) is 138 Å². The first-order valence-electron chi connectivity index (χ1n) is 28.1. The summed E-state index contributed by atoms with van der Waals surface area (Å²) in [5, 5.41) is 67.6. The minimum Gasteiger partial charge on any atom is -0.507 e. The molecule has 9 N–H and O–H groups in total. The lowest BCUT2D eigenvalue weighted by molar-refractivity contribution is -0.135. The van der Waals surface area contributed by atoms with Gasteiger partial charge < -0.3 is 50.9 Å². The first-order chi connectivity index (χ1) is 37.4. The van der Waals surface area contributed by atoms with Gasteiger partial charge in [0.2, 0.25) is 0 Å². The van der Waals surface area contributed by atoms with Crippen LogP contribution in [0.5, 0.6) is 17.2 Å². The predicted molar refractivity (Wildman–Crippen MR) is 296 cm³/mol. The number of aryl methyl sites for hydroxylation is 2. The van der Waals surface area contributed by atoms with Gasteiger partial charge in [-0.1, -0.05) is 78.7 Å². The Bertz CT molecular complexity index is 3320. The SMILES string of the molecule is CNCC1C#CC2Nc3[nH]ccc3Cc3cc4ccc3C3(CCCC3C#CCC3=C2C(C(=O)C(CCO)C(=O)CCc2cc(c(O)c(OC5CCCC5)c2)C4)C(CC2(O)C=Cc4c(O)cccc4CC2)c2cc[nH]c23)C1O. The predicted octanol–water partition coefficient (Wildman–Crippen LogP) is 8.73. The highest BCUT2D eigenvalue weighted by Gasteiger charge is 2.53. The molecule has 0 amide bonds. The standard InChI is InChI=1S/C65H70N4O8/c1-66-37-42-16-18-53-57-50-12-5-8-45-9-6-25-65(45,62(42)75)52-17-14-38(31-43(52)35-41-22-28-68-63(41)69-53)32-44-33-39(34-56(60(44)73)77-46-10-2-3-11-46)15-19-55(72)49(24-30-70)61(74)58(57)51(48-23-29-67-59(48)50)36-64(76)26-20-40-7-4-13-54(71)47(40)21-27-64/h4,7,13-14,17,21-23,27-29,31,33-34,42,45-46,49,51,53,58,62,66-71,73,75-76H,2-3,6,9-12,15,19-20,24-26,30,32,35-37H2,1H3. The number of ether oxygens (including phenoxy) is 1. The van der Waals surface area contributed by atoms with E-state index >= 15 is 9.59 Å². The number of allylic oxidation sites excluding steroid dienone is 1. The number of carbonyl (C=O) groups is 2. The molecular formula is C65H70N4O8. The number of phenols is 2. The highest BCUT2D eigenvalue weighted by molar-refractivity contribution is 6.06. The molecule has 2 aliphatic heterocycles. The normalized spacial score (nSPS) is 28.6. The molecule has 2 saturated carbocycles. The smallest absolute Gasteiger partial charge is 0.161 e. The molecule has 6 bridgehead atoms. The molecule has 0 saturated heterocycles. The monoisotopic (exact) mass is 1030 g/mol. The Morgan fingerprint density at radius 2 is 1.69 bits per heavy atom. The van der Waals surface area contributed by atoms with Crippen LogP contribution < -0.4 is 15.4 Å². The van der Waals surface area contributed by atoms with Crippen LogP contribution in [0.3, 0.4) is 0 Å². The van der Waals surface area contributed by atoms with E-state index in [1.165, 1.54) is 0 Å². The van der Waals surface area contributed by atoms with Crippen LogP contribution in [0.25, 0.3) is 11.6 Å². The Kier molecular flexibility index (Phi) is 13.8. The van der Waals surface area contributed by atoms with Gasteiger partial charge in [-0.15, -0.1) is 0 Å². The molecule has 12 nitrogen and oxygen atoms in total. The van der Waals surface area contributed by atoms with Crippen molar-refractivity contribution >= 4 is 29.0 Å². The third-order valence-electron chi connectivity index (χ3n) is 18.5. The molecule has 9 unspecified atom stereocenters. The molecule has 2 fully saturated rings. The van der Waals surface area contributed by atoms with Crippen LogP contribution in [-0.4, -0.2) is 91.1 Å². The van der Waals surface area contributed by atoms with Crippen molar-refractivity contribution in [2.24, 2.45) is 23.7 Å². The van der Waals surface area contributed by atoms with Crippen LogP contribution in [0, 0.1) is 47.4 Å². The number of ketones is 2. The Morgan fingerprint density at radius 1 is 0.844 bits per heavy atom. The van der Waals surface area contributed by atoms with Gasteiger partial charge in [0.05, 0.1) is 35.6 Å². The van der Waals surface area contributed by atoms with Gasteiger partial charge in [0.1, 0.15) is 23.4 Å². The van der Waals surface area contributed by atoms with E-state index in [0.717, 1.165) is 88.7 Å². The molecule has 12 heteroatoms. The number of Topliss-reactive ketones (excluding diaryl/α,β-unsaturated/α-hetero) is 2. The molecule has 0 radical (unpaired) electrons. The summed E-state index contributed by atoms with van der Waals surface area (Å²) in [4.78, 5) is 38.9. The van der Waals surface area contributed by atoms with E-state index in [1.807, 2.05) is 43.7 Å². The van der Waals surface area contributed by atoms with Crippen LogP contribution in [-0.2, 0) is 40.7 Å². The maximum Gasteiger partial charge on any atom is 0.161 e. The van der Waals surface area contributed by atoms with Gasteiger partial charge in [0.15, 0.2) is 17.3 Å². The molecule has 9 atom stereocenters. The highest BCUT2D eigenvalue weighted by atomic mass is 16.5. The van der Waals surface area contributed by atoms with Gasteiger partial charge >= 0.3 is 0 Å². The number of aliphatic hydroxyl groups is 3. The van der Waals surface area contributed by atoms with Crippen molar-refractivity contribution in [2.75, 3.05) is 25.5 Å². The number of aromatic hydroxyl groups is 2. The number of hydrogen-bond donors (Lipinski definition) is 9. The number of aromatic amines is 2. The topological polar surface area (TPSA) is 200 Å². The summed E-state index contributed by atoms with van der Waals surface area (Å²) in [6.45, 7) is -0.0448. The molecule has 3 aromatic carbocycles. The molecule has 7 aliphatic rings. The number of H-pyrrole nitrogens is 2. The van der Waals surface area contributed by atoms with Gasteiger partial charge in [-0.25, -0.2) is 0 Å². The maximum absolute atomic E-state index is 16.5. The molecule has 2 aromatic heterocycles. The zero-order valence-electron chi connectivity index (χ0n) is 43.9. The molecule has 77 heavy (non-hydrogen) atoms. The number of fused-ring (bicyclic) bond motifs is 8. The number of benzene rings is 3. The van der Waals surface area contributed by atoms with E-state index in [4.69, 9.17) is 4.74 Å². The largest absolute Gasteiger partial charge is 0.507 e. The number of carbonyl (C=O) groups excluding carboxylic acids is 2. The van der Waals surface area contributed by atoms with Crippen molar-refractivity contribution in [3.8, 4) is 40.9 Å². The van der Waals surface area contributed by atoms with Gasteiger partial charge in [-0.05, 0) is 152 Å². The van der Waals surface area contributed by atoms with Crippen LogP contribution in [0.4, 0.5) is 5.82 Å². The van der Waals surface area contributed by atoms with Crippen molar-refractivity contribution < 1.29 is 39.9 Å². The fourth-order valence-electron chi connectivity index (χ4n) is 14.7. The third-order valence-corrected chi connectivity index (χ3v) is 18.5. The number of aromatic nitrogens is 2. The molecule has 12 rings (SSSR count). The number of hydrogen-bond acceptors (Lipinski definition) is 10. The van der Waals surface area contributed by atoms with Crippen molar-refractivity contribution in [1.29, 1.82) is 0 Å². The minimum atomic E-state index is -1.47. The Hall–Kier alpha value is -6.80. The molecule has 5 aromatic rings. The fourth-order valence-corrected chi connectivity index (χ4v) is 14.7. The average Bonchev–Trinajstić information content (AvgIpc) is 4.29. The van der Waals surface area contributed by atoms with E-state index in [1.54, 1.807) is 24.3 Å². The number of anilines is 1. The lowest BCUT2D eigenvalue weighted by Crippen LogP contribution is -2.49. The molecule has 5 aliphatic carbocycles. The van der Waals surface area contributed by atoms with Gasteiger partial charge in [0, 0.05) is 85.3 Å². The zero-order valence-corrected chi connectivity index (χ0v) is 43.9. The van der Waals surface area contributed by atoms with Crippen molar-refractivity contribution in [3.05, 3.63) is 140 Å². The minimum absolute atomic E-state index is 0.0126. The van der Waals surface area contributed by atoms with Crippen molar-refractivity contribution in [3.63, 3.8) is 0 Å². The molecule has 398 valence electrons. The average molecular weight is 1040 g/mol. The van der Waals surface area contributed by atoms with E-state index in [9.17, 15) is 25.5 Å². The summed E-state index contributed by atoms with van der Waals surface area (Å²) in [6.07, 6.45) is 14.6. The van der Waals surface area contributed by atoms with E-state index in [2.05, 4.69) is 68.5 Å². The lowest BCUT2D eigenvalue weighted by atomic mass is 9.62. The molecular weight excluding hydrogens is 965 g/mol. The number of nitrogens with one attached hydrogen (secondary N) is 4. The van der Waals surface area contributed by atoms with Crippen LogP contribution in [0.15, 0.2) is 84.7 Å². The highest BCUT2D eigenvalue weighted by Crippen LogP contribution is 2.54. The van der Waals surface area contributed by atoms with Crippen LogP contribution in [0.2, 0.25) is 0 Å². The summed E-state index contributed by atoms with van der Waals surface area (Å²) in [6, 6.07) is 18.9. The second kappa shape index (κ2) is 20.9. The summed E-state index contributed by atoms with van der Waals surface area (Å²) in [5.74, 6) is 11.5. The summed E-state index contributed by atoms with van der Waals surface area (Å²) < 4.78 is 6.59. The van der Waals surface area contributed by atoms with E-state index in [-0.39, 0.29) is 67.2 Å². The van der Waals surface area contributed by atoms with Gasteiger partial charge in [0.25, 0.3) is 0 Å². The first-order valence-corrected chi connectivity index (χ1v) is 28.1. The van der Waals surface area contributed by atoms with Gasteiger partial charge in [-0.2, -0.15) is 0 Å². The molecule has 1 spiro atoms. The van der Waals surface area contributed by atoms with Crippen LogP contribution >= 0.6 is 0 Å². The zero-order chi connectivity index (χ0) is 53.0. The Balaban J connectivity index is 1.12. The van der Waals surface area contributed by atoms with Gasteiger partial charge in [-0.3, -0.25) is 9.59 Å².